The van der Waals surface area contributed by atoms with Gasteiger partial charge < -0.3 is 24.0 Å². The fourth-order valence-electron chi connectivity index (χ4n) is 2.13. The molecule has 1 aromatic rings. The molecule has 1 aliphatic carbocycles. The molecule has 0 N–H and O–H groups in total. The first kappa shape index (κ1) is 15.0. The first-order valence-electron chi connectivity index (χ1n) is 5.51. The van der Waals surface area contributed by atoms with E-state index < -0.39 is 0 Å². The molecule has 0 unspecified atom stereocenters. The maximum Gasteiger partial charge on any atom is 0.268 e. The van der Waals surface area contributed by atoms with Crippen molar-refractivity contribution in [1.29, 1.82) is 0 Å². The minimum atomic E-state index is 0. The molecule has 0 atom stereocenters. The molecule has 92 valence electrons. The smallest absolute Gasteiger partial charge is 0.268 e. The molecule has 1 fully saturated rings. The van der Waals surface area contributed by atoms with E-state index in [1.54, 1.807) is 0 Å². The SMILES string of the molecule is CSc1cc(=[N+](C)C2CCCCC2)ss1.[I-]. The van der Waals surface area contributed by atoms with E-state index in [0.717, 1.165) is 6.04 Å². The molecule has 0 saturated heterocycles. The van der Waals surface area contributed by atoms with Gasteiger partial charge in [-0.15, -0.1) is 11.8 Å². The van der Waals surface area contributed by atoms with Crippen LogP contribution in [0.4, 0.5) is 0 Å². The van der Waals surface area contributed by atoms with Crippen LogP contribution >= 0.6 is 32.4 Å². The summed E-state index contributed by atoms with van der Waals surface area (Å²) in [6, 6.07) is 3.13. The molecule has 0 amide bonds. The number of hydrogen-bond acceptors (Lipinski definition) is 3. The topological polar surface area (TPSA) is 3.01 Å². The number of nitrogens with zero attached hydrogens (tertiary/aromatic N) is 1. The maximum absolute atomic E-state index is 2.50. The first-order valence-corrected chi connectivity index (χ1v) is 8.88. The van der Waals surface area contributed by atoms with Crippen molar-refractivity contribution in [2.24, 2.45) is 0 Å². The fourth-order valence-corrected chi connectivity index (χ4v) is 5.61. The molecule has 1 saturated carbocycles. The molecule has 1 heterocycles. The second kappa shape index (κ2) is 7.38. The first-order chi connectivity index (χ1) is 7.31. The van der Waals surface area contributed by atoms with Crippen LogP contribution in [0.2, 0.25) is 0 Å². The van der Waals surface area contributed by atoms with Crippen LogP contribution in [0.5, 0.6) is 0 Å². The zero-order valence-corrected chi connectivity index (χ0v) is 14.3. The molecular formula is C11H18INS3. The highest BCUT2D eigenvalue weighted by Crippen LogP contribution is 2.22. The maximum atomic E-state index is 2.50. The Morgan fingerprint density at radius 3 is 2.50 bits per heavy atom. The Kier molecular flexibility index (Phi) is 6.92. The predicted octanol–water partition coefficient (Wildman–Crippen LogP) is 0.270. The molecule has 0 spiro atoms. The third kappa shape index (κ3) is 3.71. The van der Waals surface area contributed by atoms with E-state index in [1.807, 2.05) is 32.4 Å². The van der Waals surface area contributed by atoms with Crippen molar-refractivity contribution in [2.45, 2.75) is 42.4 Å². The summed E-state index contributed by atoms with van der Waals surface area (Å²) < 4.78 is 5.40. The predicted molar refractivity (Wildman–Crippen MR) is 72.0 cm³/mol. The molecule has 16 heavy (non-hydrogen) atoms. The number of hydrogen-bond donors (Lipinski definition) is 0. The van der Waals surface area contributed by atoms with Gasteiger partial charge in [0.15, 0.2) is 6.04 Å². The van der Waals surface area contributed by atoms with Gasteiger partial charge in [-0.2, -0.15) is 0 Å². The molecule has 0 radical (unpaired) electrons. The summed E-state index contributed by atoms with van der Waals surface area (Å²) in [6.07, 6.45) is 9.19. The van der Waals surface area contributed by atoms with Crippen LogP contribution in [0, 0.1) is 0 Å². The van der Waals surface area contributed by atoms with Gasteiger partial charge in [-0.1, -0.05) is 16.8 Å². The van der Waals surface area contributed by atoms with Crippen LogP contribution < -0.4 is 33.2 Å². The standard InChI is InChI=1S/C11H18NS3.HI/c1-12(9-6-4-3-5-7-9)10-8-11(13-2)15-14-10;/h8-9H,3-7H2,1-2H3;1H/q+1;/p-1. The molecule has 0 aliphatic heterocycles. The number of thioether (sulfide) groups is 1. The van der Waals surface area contributed by atoms with E-state index in [2.05, 4.69) is 23.9 Å². The lowest BCUT2D eigenvalue weighted by Gasteiger charge is -2.17. The van der Waals surface area contributed by atoms with Gasteiger partial charge >= 0.3 is 0 Å². The minimum absolute atomic E-state index is 0. The molecule has 1 aliphatic rings. The van der Waals surface area contributed by atoms with Crippen molar-refractivity contribution in [3.05, 3.63) is 10.7 Å². The summed E-state index contributed by atoms with van der Waals surface area (Å²) in [6.45, 7) is 0. The largest absolute Gasteiger partial charge is 1.00 e. The zero-order valence-electron chi connectivity index (χ0n) is 9.74. The van der Waals surface area contributed by atoms with Gasteiger partial charge in [0, 0.05) is 18.9 Å². The second-order valence-corrected chi connectivity index (χ2v) is 7.37. The van der Waals surface area contributed by atoms with Crippen LogP contribution in [-0.2, 0) is 0 Å². The van der Waals surface area contributed by atoms with E-state index in [9.17, 15) is 0 Å². The third-order valence-corrected chi connectivity index (χ3v) is 6.95. The Bertz CT molecular complexity index is 377. The van der Waals surface area contributed by atoms with Gasteiger partial charge in [0.25, 0.3) is 4.67 Å². The van der Waals surface area contributed by atoms with E-state index in [0.29, 0.717) is 0 Å². The Labute approximate surface area is 126 Å². The summed E-state index contributed by atoms with van der Waals surface area (Å²) in [5, 5.41) is 0. The van der Waals surface area contributed by atoms with Crippen molar-refractivity contribution in [3.8, 4) is 0 Å². The van der Waals surface area contributed by atoms with Crippen LogP contribution in [0.3, 0.4) is 0 Å². The highest BCUT2D eigenvalue weighted by molar-refractivity contribution is 8.02. The molecule has 2 rings (SSSR count). The molecule has 1 aromatic heterocycles. The molecule has 1 nitrogen and oxygen atoms in total. The average Bonchev–Trinajstić information content (AvgIpc) is 2.78. The number of rotatable bonds is 2. The van der Waals surface area contributed by atoms with Gasteiger partial charge in [0.05, 0.1) is 4.21 Å². The van der Waals surface area contributed by atoms with Gasteiger partial charge in [-0.05, 0) is 29.4 Å². The van der Waals surface area contributed by atoms with E-state index in [4.69, 9.17) is 0 Å². The van der Waals surface area contributed by atoms with Gasteiger partial charge in [-0.25, -0.2) is 4.58 Å². The van der Waals surface area contributed by atoms with Gasteiger partial charge in [-0.3, -0.25) is 0 Å². The lowest BCUT2D eigenvalue weighted by atomic mass is 9.95. The Hall–Kier alpha value is 0.930. The van der Waals surface area contributed by atoms with E-state index in [1.165, 1.54) is 41.0 Å². The molecular weight excluding hydrogens is 369 g/mol. The van der Waals surface area contributed by atoms with Crippen molar-refractivity contribution in [3.63, 3.8) is 0 Å². The van der Waals surface area contributed by atoms with Crippen molar-refractivity contribution in [2.75, 3.05) is 13.3 Å². The van der Waals surface area contributed by atoms with E-state index in [-0.39, 0.29) is 24.0 Å². The average molecular weight is 387 g/mol. The Balaban J connectivity index is 0.00000128. The van der Waals surface area contributed by atoms with Crippen LogP contribution in [0.15, 0.2) is 10.3 Å². The molecule has 0 bridgehead atoms. The summed E-state index contributed by atoms with van der Waals surface area (Å²) in [7, 11) is 6.09. The fraction of sp³-hybridized carbons (Fsp3) is 0.727. The van der Waals surface area contributed by atoms with Crippen molar-refractivity contribution >= 4 is 32.4 Å². The summed E-state index contributed by atoms with van der Waals surface area (Å²) in [5.41, 5.74) is 0. The molecule has 0 aromatic carbocycles. The minimum Gasteiger partial charge on any atom is -1.00 e. The van der Waals surface area contributed by atoms with Crippen molar-refractivity contribution in [1.82, 2.24) is 4.58 Å². The molecule has 5 heteroatoms. The monoisotopic (exact) mass is 387 g/mol. The summed E-state index contributed by atoms with van der Waals surface area (Å²) in [5.74, 6) is 0. The summed E-state index contributed by atoms with van der Waals surface area (Å²) in [4.78, 5) is 0. The van der Waals surface area contributed by atoms with Gasteiger partial charge in [0.1, 0.15) is 7.05 Å². The van der Waals surface area contributed by atoms with E-state index >= 15 is 0 Å². The number of halogens is 1. The highest BCUT2D eigenvalue weighted by Gasteiger charge is 2.21. The summed E-state index contributed by atoms with van der Waals surface area (Å²) >= 11 is 1.86. The lowest BCUT2D eigenvalue weighted by molar-refractivity contribution is -0.00000305. The third-order valence-electron chi connectivity index (χ3n) is 3.12. The van der Waals surface area contributed by atoms with Crippen LogP contribution in [0.1, 0.15) is 32.1 Å². The second-order valence-electron chi connectivity index (χ2n) is 4.08. The van der Waals surface area contributed by atoms with Crippen molar-refractivity contribution < 1.29 is 24.0 Å². The quantitative estimate of drug-likeness (QED) is 0.305. The highest BCUT2D eigenvalue weighted by atomic mass is 127. The van der Waals surface area contributed by atoms with Crippen LogP contribution in [0.25, 0.3) is 0 Å². The van der Waals surface area contributed by atoms with Crippen LogP contribution in [-0.4, -0.2) is 19.3 Å². The zero-order chi connectivity index (χ0) is 10.7. The Morgan fingerprint density at radius 1 is 1.25 bits per heavy atom. The lowest BCUT2D eigenvalue weighted by Crippen LogP contribution is -3.00. The Morgan fingerprint density at radius 2 is 1.94 bits per heavy atom. The normalized spacial score (nSPS) is 19.1. The van der Waals surface area contributed by atoms with Gasteiger partial charge in [0.2, 0.25) is 0 Å².